The lowest BCUT2D eigenvalue weighted by Crippen LogP contribution is -2.50. The molecular formula is C10H8N2O5-2. The first-order chi connectivity index (χ1) is 8.00. The molecule has 0 fully saturated rings. The summed E-state index contributed by atoms with van der Waals surface area (Å²) >= 11 is 0. The lowest BCUT2D eigenvalue weighted by molar-refractivity contribution is -0.317. The molecule has 0 saturated carbocycles. The Morgan fingerprint density at radius 3 is 2.53 bits per heavy atom. The predicted molar refractivity (Wildman–Crippen MR) is 50.1 cm³/mol. The second-order valence-electron chi connectivity index (χ2n) is 3.16. The number of carbonyl (C=O) groups excluding carboxylic acids is 3. The van der Waals surface area contributed by atoms with E-state index in [9.17, 15) is 24.6 Å². The SMILES string of the molecule is O=C([O-])C[C@H](NC(=O)c1cccnc1)C(=O)[O-]. The molecule has 0 aliphatic heterocycles. The van der Waals surface area contributed by atoms with Gasteiger partial charge in [0.15, 0.2) is 0 Å². The van der Waals surface area contributed by atoms with Gasteiger partial charge in [0, 0.05) is 24.8 Å². The van der Waals surface area contributed by atoms with Gasteiger partial charge in [0.05, 0.1) is 17.6 Å². The Labute approximate surface area is 96.1 Å². The molecule has 7 nitrogen and oxygen atoms in total. The maximum Gasteiger partial charge on any atom is 0.253 e. The molecule has 1 heterocycles. The Morgan fingerprint density at radius 2 is 2.06 bits per heavy atom. The third-order valence-electron chi connectivity index (χ3n) is 1.88. The van der Waals surface area contributed by atoms with Crippen LogP contribution in [0.4, 0.5) is 0 Å². The van der Waals surface area contributed by atoms with E-state index in [1.165, 1.54) is 24.5 Å². The van der Waals surface area contributed by atoms with Crippen LogP contribution in [0, 0.1) is 0 Å². The minimum atomic E-state index is -1.69. The number of amides is 1. The highest BCUT2D eigenvalue weighted by atomic mass is 16.4. The van der Waals surface area contributed by atoms with Crippen LogP contribution in [-0.2, 0) is 9.59 Å². The Balaban J connectivity index is 2.71. The van der Waals surface area contributed by atoms with Gasteiger partial charge in [-0.2, -0.15) is 0 Å². The molecule has 17 heavy (non-hydrogen) atoms. The Kier molecular flexibility index (Phi) is 4.15. The molecule has 1 rings (SSSR count). The minimum absolute atomic E-state index is 0.122. The molecule has 1 N–H and O–H groups in total. The standard InChI is InChI=1S/C10H10N2O5/c13-8(14)4-7(10(16)17)12-9(15)6-2-1-3-11-5-6/h1-3,5,7H,4H2,(H,12,15)(H,13,14)(H,16,17)/p-2/t7-/m0/s1. The number of nitrogens with one attached hydrogen (secondary N) is 1. The summed E-state index contributed by atoms with van der Waals surface area (Å²) in [7, 11) is 0. The molecule has 0 radical (unpaired) electrons. The molecule has 1 amide bonds. The molecule has 0 aliphatic rings. The molecule has 0 aromatic carbocycles. The quantitative estimate of drug-likeness (QED) is 0.584. The third-order valence-corrected chi connectivity index (χ3v) is 1.88. The van der Waals surface area contributed by atoms with Crippen LogP contribution >= 0.6 is 0 Å². The normalized spacial score (nSPS) is 11.5. The van der Waals surface area contributed by atoms with E-state index < -0.39 is 30.3 Å². The van der Waals surface area contributed by atoms with Crippen molar-refractivity contribution in [3.8, 4) is 0 Å². The molecular weight excluding hydrogens is 228 g/mol. The van der Waals surface area contributed by atoms with E-state index in [1.54, 1.807) is 0 Å². The first kappa shape index (κ1) is 12.6. The summed E-state index contributed by atoms with van der Waals surface area (Å²) in [5.74, 6) is -4.02. The van der Waals surface area contributed by atoms with Crippen molar-refractivity contribution in [2.24, 2.45) is 0 Å². The predicted octanol–water partition coefficient (Wildman–Crippen LogP) is -2.93. The number of carboxylic acids is 2. The molecule has 0 bridgehead atoms. The summed E-state index contributed by atoms with van der Waals surface area (Å²) < 4.78 is 0. The number of nitrogens with zero attached hydrogens (tertiary/aromatic N) is 1. The van der Waals surface area contributed by atoms with E-state index in [0.717, 1.165) is 0 Å². The fourth-order valence-electron chi connectivity index (χ4n) is 1.10. The summed E-state index contributed by atoms with van der Waals surface area (Å²) in [5.41, 5.74) is 0.122. The highest BCUT2D eigenvalue weighted by Crippen LogP contribution is 1.98. The van der Waals surface area contributed by atoms with Crippen LogP contribution in [0.3, 0.4) is 0 Å². The second kappa shape index (κ2) is 5.59. The van der Waals surface area contributed by atoms with Gasteiger partial charge >= 0.3 is 0 Å². The van der Waals surface area contributed by atoms with Crippen LogP contribution in [0.25, 0.3) is 0 Å². The second-order valence-corrected chi connectivity index (χ2v) is 3.16. The van der Waals surface area contributed by atoms with E-state index in [4.69, 9.17) is 0 Å². The minimum Gasteiger partial charge on any atom is -0.550 e. The van der Waals surface area contributed by atoms with Gasteiger partial charge in [0.2, 0.25) is 0 Å². The van der Waals surface area contributed by atoms with Crippen molar-refractivity contribution in [3.63, 3.8) is 0 Å². The van der Waals surface area contributed by atoms with Crippen LogP contribution in [-0.4, -0.2) is 28.9 Å². The Hall–Kier alpha value is -2.44. The van der Waals surface area contributed by atoms with Gasteiger partial charge in [0.1, 0.15) is 0 Å². The van der Waals surface area contributed by atoms with E-state index >= 15 is 0 Å². The number of hydrogen-bond donors (Lipinski definition) is 1. The van der Waals surface area contributed by atoms with E-state index in [-0.39, 0.29) is 5.56 Å². The van der Waals surface area contributed by atoms with Crippen LogP contribution in [0.1, 0.15) is 16.8 Å². The molecule has 0 unspecified atom stereocenters. The van der Waals surface area contributed by atoms with E-state index in [0.29, 0.717) is 0 Å². The van der Waals surface area contributed by atoms with Crippen LogP contribution in [0.15, 0.2) is 24.5 Å². The summed E-state index contributed by atoms with van der Waals surface area (Å²) in [5, 5.41) is 22.8. The van der Waals surface area contributed by atoms with Gasteiger partial charge in [-0.3, -0.25) is 9.78 Å². The maximum absolute atomic E-state index is 11.5. The van der Waals surface area contributed by atoms with Gasteiger partial charge in [-0.1, -0.05) is 0 Å². The first-order valence-electron chi connectivity index (χ1n) is 4.62. The highest BCUT2D eigenvalue weighted by molar-refractivity contribution is 5.96. The Morgan fingerprint density at radius 1 is 1.35 bits per heavy atom. The largest absolute Gasteiger partial charge is 0.550 e. The van der Waals surface area contributed by atoms with Gasteiger partial charge in [-0.05, 0) is 12.1 Å². The number of pyridine rings is 1. The number of aliphatic carboxylic acids is 2. The van der Waals surface area contributed by atoms with Crippen molar-refractivity contribution in [1.82, 2.24) is 10.3 Å². The van der Waals surface area contributed by atoms with Gasteiger partial charge in [0.25, 0.3) is 5.91 Å². The maximum atomic E-state index is 11.5. The topological polar surface area (TPSA) is 122 Å². The molecule has 1 aromatic rings. The van der Waals surface area contributed by atoms with Crippen molar-refractivity contribution in [3.05, 3.63) is 30.1 Å². The zero-order chi connectivity index (χ0) is 12.8. The van der Waals surface area contributed by atoms with Gasteiger partial charge < -0.3 is 25.1 Å². The number of rotatable bonds is 5. The lowest BCUT2D eigenvalue weighted by atomic mass is 10.2. The molecule has 7 heteroatoms. The first-order valence-corrected chi connectivity index (χ1v) is 4.62. The highest BCUT2D eigenvalue weighted by Gasteiger charge is 2.14. The fraction of sp³-hybridized carbons (Fsp3) is 0.200. The summed E-state index contributed by atoms with van der Waals surface area (Å²) in [6.45, 7) is 0. The van der Waals surface area contributed by atoms with E-state index in [1.807, 2.05) is 5.32 Å². The average molecular weight is 236 g/mol. The zero-order valence-corrected chi connectivity index (χ0v) is 8.58. The summed E-state index contributed by atoms with van der Waals surface area (Å²) in [4.78, 5) is 36.0. The fourth-order valence-corrected chi connectivity index (χ4v) is 1.10. The monoisotopic (exact) mass is 236 g/mol. The van der Waals surface area contributed by atoms with Crippen molar-refractivity contribution in [2.75, 3.05) is 0 Å². The zero-order valence-electron chi connectivity index (χ0n) is 8.58. The van der Waals surface area contributed by atoms with Crippen molar-refractivity contribution in [2.45, 2.75) is 12.5 Å². The molecule has 1 atom stereocenters. The summed E-state index contributed by atoms with van der Waals surface area (Å²) in [6, 6.07) is 1.27. The summed E-state index contributed by atoms with van der Waals surface area (Å²) in [6.07, 6.45) is 1.81. The number of aromatic nitrogens is 1. The molecule has 0 spiro atoms. The number of carbonyl (C=O) groups is 3. The van der Waals surface area contributed by atoms with Crippen molar-refractivity contribution < 1.29 is 24.6 Å². The van der Waals surface area contributed by atoms with Gasteiger partial charge in [-0.15, -0.1) is 0 Å². The molecule has 0 saturated heterocycles. The smallest absolute Gasteiger partial charge is 0.253 e. The molecule has 90 valence electrons. The molecule has 1 aromatic heterocycles. The van der Waals surface area contributed by atoms with Crippen LogP contribution in [0.5, 0.6) is 0 Å². The van der Waals surface area contributed by atoms with Crippen LogP contribution < -0.4 is 15.5 Å². The van der Waals surface area contributed by atoms with E-state index in [2.05, 4.69) is 4.98 Å². The molecule has 0 aliphatic carbocycles. The van der Waals surface area contributed by atoms with Crippen molar-refractivity contribution in [1.29, 1.82) is 0 Å². The number of hydrogen-bond acceptors (Lipinski definition) is 6. The lowest BCUT2D eigenvalue weighted by Gasteiger charge is -2.19. The average Bonchev–Trinajstić information content (AvgIpc) is 2.28. The Bertz CT molecular complexity index is 432. The third kappa shape index (κ3) is 3.90. The van der Waals surface area contributed by atoms with Crippen molar-refractivity contribution >= 4 is 17.8 Å². The van der Waals surface area contributed by atoms with Crippen LogP contribution in [0.2, 0.25) is 0 Å². The number of carboxylic acid groups (broad SMARTS) is 2. The van der Waals surface area contributed by atoms with Gasteiger partial charge in [-0.25, -0.2) is 0 Å².